The fourth-order valence-electron chi connectivity index (χ4n) is 3.32. The van der Waals surface area contributed by atoms with Crippen molar-refractivity contribution in [3.05, 3.63) is 35.9 Å². The first-order valence-corrected chi connectivity index (χ1v) is 11.5. The molecule has 1 aromatic rings. The number of carboxylic acid groups (broad SMARTS) is 2. The van der Waals surface area contributed by atoms with Gasteiger partial charge in [-0.2, -0.15) is 0 Å². The molecule has 0 aliphatic carbocycles. The van der Waals surface area contributed by atoms with Crippen LogP contribution in [0.15, 0.2) is 30.3 Å². The Kier molecular flexibility index (Phi) is 11.9. The molecule has 0 saturated carbocycles. The van der Waals surface area contributed by atoms with Crippen LogP contribution in [0.4, 0.5) is 0 Å². The summed E-state index contributed by atoms with van der Waals surface area (Å²) in [6, 6.07) is 4.53. The third-order valence-electron chi connectivity index (χ3n) is 5.39. The summed E-state index contributed by atoms with van der Waals surface area (Å²) in [5.74, 6) is -5.29. The van der Waals surface area contributed by atoms with Gasteiger partial charge in [0.05, 0.1) is 6.04 Å². The van der Waals surface area contributed by atoms with E-state index in [1.807, 2.05) is 6.07 Å². The highest BCUT2D eigenvalue weighted by Gasteiger charge is 2.33. The minimum Gasteiger partial charge on any atom is -0.481 e. The first kappa shape index (κ1) is 29.6. The van der Waals surface area contributed by atoms with Crippen LogP contribution < -0.4 is 21.7 Å². The quantitative estimate of drug-likeness (QED) is 0.213. The number of amides is 3. The Hall–Kier alpha value is -3.47. The predicted octanol–water partition coefficient (Wildman–Crippen LogP) is 0.272. The SMILES string of the molecule is CC(C)C(NC(=O)C(NC(=O)C(CCC(=O)O)NC(=O)C(N)Cc1ccccc1)C(C)C)C(=O)O. The summed E-state index contributed by atoms with van der Waals surface area (Å²) in [6.45, 7) is 6.60. The Morgan fingerprint density at radius 2 is 1.34 bits per heavy atom. The molecule has 1 aromatic carbocycles. The summed E-state index contributed by atoms with van der Waals surface area (Å²) < 4.78 is 0. The molecule has 7 N–H and O–H groups in total. The highest BCUT2D eigenvalue weighted by atomic mass is 16.4. The Morgan fingerprint density at radius 1 is 0.800 bits per heavy atom. The first-order valence-electron chi connectivity index (χ1n) is 11.5. The number of carboxylic acids is 2. The average Bonchev–Trinajstić information content (AvgIpc) is 2.77. The summed E-state index contributed by atoms with van der Waals surface area (Å²) in [6.07, 6.45) is -0.414. The normalized spacial score (nSPS) is 14.5. The van der Waals surface area contributed by atoms with E-state index in [0.29, 0.717) is 0 Å². The maximum absolute atomic E-state index is 13.0. The van der Waals surface area contributed by atoms with Crippen LogP contribution in [0.5, 0.6) is 0 Å². The van der Waals surface area contributed by atoms with E-state index in [-0.39, 0.29) is 12.8 Å². The van der Waals surface area contributed by atoms with Gasteiger partial charge in [0, 0.05) is 6.42 Å². The van der Waals surface area contributed by atoms with E-state index >= 15 is 0 Å². The molecule has 3 amide bonds. The van der Waals surface area contributed by atoms with E-state index in [0.717, 1.165) is 5.56 Å². The van der Waals surface area contributed by atoms with Crippen molar-refractivity contribution in [3.63, 3.8) is 0 Å². The van der Waals surface area contributed by atoms with E-state index < -0.39 is 72.1 Å². The van der Waals surface area contributed by atoms with Gasteiger partial charge in [0.2, 0.25) is 17.7 Å². The molecule has 1 rings (SSSR count). The fourth-order valence-corrected chi connectivity index (χ4v) is 3.32. The Morgan fingerprint density at radius 3 is 1.83 bits per heavy atom. The molecule has 11 heteroatoms. The van der Waals surface area contributed by atoms with Gasteiger partial charge in [0.25, 0.3) is 0 Å². The monoisotopic (exact) mass is 492 g/mol. The number of carbonyl (C=O) groups excluding carboxylic acids is 3. The number of hydrogen-bond donors (Lipinski definition) is 6. The van der Waals surface area contributed by atoms with Crippen molar-refractivity contribution < 1.29 is 34.2 Å². The second kappa shape index (κ2) is 14.1. The third-order valence-corrected chi connectivity index (χ3v) is 5.39. The third kappa shape index (κ3) is 10.1. The molecule has 0 heterocycles. The van der Waals surface area contributed by atoms with Gasteiger partial charge in [-0.1, -0.05) is 58.0 Å². The van der Waals surface area contributed by atoms with Crippen LogP contribution in [0, 0.1) is 11.8 Å². The second-order valence-electron chi connectivity index (χ2n) is 9.09. The molecule has 0 spiro atoms. The fraction of sp³-hybridized carbons (Fsp3) is 0.542. The number of nitrogens with one attached hydrogen (secondary N) is 3. The molecule has 0 radical (unpaired) electrons. The number of hydrogen-bond acceptors (Lipinski definition) is 6. The lowest BCUT2D eigenvalue weighted by Gasteiger charge is -2.27. The topological polar surface area (TPSA) is 188 Å². The van der Waals surface area contributed by atoms with Crippen molar-refractivity contribution in [3.8, 4) is 0 Å². The van der Waals surface area contributed by atoms with Crippen molar-refractivity contribution in [1.29, 1.82) is 0 Å². The molecule has 11 nitrogen and oxygen atoms in total. The second-order valence-corrected chi connectivity index (χ2v) is 9.09. The van der Waals surface area contributed by atoms with Crippen LogP contribution in [-0.2, 0) is 30.4 Å². The van der Waals surface area contributed by atoms with Crippen molar-refractivity contribution >= 4 is 29.7 Å². The van der Waals surface area contributed by atoms with Crippen LogP contribution in [0.3, 0.4) is 0 Å². The average molecular weight is 493 g/mol. The number of benzene rings is 1. The number of nitrogens with two attached hydrogens (primary N) is 1. The Labute approximate surface area is 204 Å². The molecule has 194 valence electrons. The van der Waals surface area contributed by atoms with Gasteiger partial charge in [0.1, 0.15) is 18.1 Å². The van der Waals surface area contributed by atoms with E-state index in [2.05, 4.69) is 16.0 Å². The lowest BCUT2D eigenvalue weighted by atomic mass is 9.99. The summed E-state index contributed by atoms with van der Waals surface area (Å²) in [5.41, 5.74) is 6.80. The molecule has 0 bridgehead atoms. The van der Waals surface area contributed by atoms with Crippen molar-refractivity contribution in [2.24, 2.45) is 17.6 Å². The zero-order chi connectivity index (χ0) is 26.7. The lowest BCUT2D eigenvalue weighted by Crippen LogP contribution is -2.59. The van der Waals surface area contributed by atoms with Crippen molar-refractivity contribution in [2.75, 3.05) is 0 Å². The standard InChI is InChI=1S/C24H36N4O7/c1-13(2)19(23(33)28-20(14(3)4)24(34)35)27-22(32)17(10-11-18(29)30)26-21(31)16(25)12-15-8-6-5-7-9-15/h5-9,13-14,16-17,19-20H,10-12,25H2,1-4H3,(H,26,31)(H,27,32)(H,28,33)(H,29,30)(H,34,35). The minimum atomic E-state index is -1.25. The van der Waals surface area contributed by atoms with E-state index in [9.17, 15) is 29.1 Å². The first-order chi connectivity index (χ1) is 16.3. The Bertz CT molecular complexity index is 889. The predicted molar refractivity (Wildman–Crippen MR) is 128 cm³/mol. The van der Waals surface area contributed by atoms with Gasteiger partial charge in [-0.15, -0.1) is 0 Å². The number of rotatable bonds is 14. The van der Waals surface area contributed by atoms with E-state index in [4.69, 9.17) is 10.8 Å². The van der Waals surface area contributed by atoms with Crippen LogP contribution in [0.2, 0.25) is 0 Å². The molecule has 4 atom stereocenters. The molecule has 0 aliphatic heterocycles. The molecule has 0 saturated heterocycles. The highest BCUT2D eigenvalue weighted by Crippen LogP contribution is 2.09. The maximum atomic E-state index is 13.0. The summed E-state index contributed by atoms with van der Waals surface area (Å²) in [5, 5.41) is 25.8. The van der Waals surface area contributed by atoms with Crippen molar-refractivity contribution in [2.45, 2.75) is 71.1 Å². The van der Waals surface area contributed by atoms with Gasteiger partial charge in [-0.05, 0) is 30.2 Å². The zero-order valence-electron chi connectivity index (χ0n) is 20.5. The van der Waals surface area contributed by atoms with Gasteiger partial charge in [-0.25, -0.2) is 4.79 Å². The zero-order valence-corrected chi connectivity index (χ0v) is 20.5. The van der Waals surface area contributed by atoms with Gasteiger partial charge >= 0.3 is 11.9 Å². The van der Waals surface area contributed by atoms with Crippen LogP contribution >= 0.6 is 0 Å². The molecular weight excluding hydrogens is 456 g/mol. The number of carbonyl (C=O) groups is 5. The summed E-state index contributed by atoms with van der Waals surface area (Å²) in [4.78, 5) is 60.9. The van der Waals surface area contributed by atoms with Crippen LogP contribution in [0.1, 0.15) is 46.1 Å². The van der Waals surface area contributed by atoms with Crippen molar-refractivity contribution in [1.82, 2.24) is 16.0 Å². The van der Waals surface area contributed by atoms with Crippen LogP contribution in [0.25, 0.3) is 0 Å². The van der Waals surface area contributed by atoms with Gasteiger partial charge in [-0.3, -0.25) is 19.2 Å². The summed E-state index contributed by atoms with van der Waals surface area (Å²) in [7, 11) is 0. The smallest absolute Gasteiger partial charge is 0.326 e. The minimum absolute atomic E-state index is 0.211. The van der Waals surface area contributed by atoms with Gasteiger partial charge < -0.3 is 31.9 Å². The number of aliphatic carboxylic acids is 2. The van der Waals surface area contributed by atoms with Gasteiger partial charge in [0.15, 0.2) is 0 Å². The van der Waals surface area contributed by atoms with Crippen LogP contribution in [-0.4, -0.2) is 64.0 Å². The largest absolute Gasteiger partial charge is 0.481 e. The molecule has 0 aromatic heterocycles. The summed E-state index contributed by atoms with van der Waals surface area (Å²) >= 11 is 0. The molecule has 0 fully saturated rings. The maximum Gasteiger partial charge on any atom is 0.326 e. The van der Waals surface area contributed by atoms with E-state index in [1.54, 1.807) is 52.0 Å². The molecule has 4 unspecified atom stereocenters. The molecular formula is C24H36N4O7. The Balaban J connectivity index is 2.96. The van der Waals surface area contributed by atoms with E-state index in [1.165, 1.54) is 0 Å². The highest BCUT2D eigenvalue weighted by molar-refractivity contribution is 5.94. The molecule has 0 aliphatic rings. The lowest BCUT2D eigenvalue weighted by molar-refractivity contribution is -0.143. The molecule has 35 heavy (non-hydrogen) atoms.